The number of hydrogen-bond acceptors (Lipinski definition) is 5. The summed E-state index contributed by atoms with van der Waals surface area (Å²) in [6, 6.07) is 10.4. The molecule has 0 fully saturated rings. The van der Waals surface area contributed by atoms with Gasteiger partial charge in [-0.3, -0.25) is 9.59 Å². The van der Waals surface area contributed by atoms with Crippen molar-refractivity contribution in [2.45, 2.75) is 124 Å². The summed E-state index contributed by atoms with van der Waals surface area (Å²) in [6.45, 7) is 15.6. The Labute approximate surface area is 258 Å². The van der Waals surface area contributed by atoms with Crippen LogP contribution in [0.1, 0.15) is 108 Å². The summed E-state index contributed by atoms with van der Waals surface area (Å²) in [4.78, 5) is 43.1. The molecule has 2 aromatic carbocycles. The highest BCUT2D eigenvalue weighted by atomic mass is 16.6. The second-order valence-corrected chi connectivity index (χ2v) is 12.8. The first-order chi connectivity index (χ1) is 20.2. The van der Waals surface area contributed by atoms with Crippen molar-refractivity contribution in [1.29, 1.82) is 0 Å². The van der Waals surface area contributed by atoms with Crippen molar-refractivity contribution >= 4 is 17.9 Å². The van der Waals surface area contributed by atoms with Crippen LogP contribution in [0.15, 0.2) is 42.5 Å². The van der Waals surface area contributed by atoms with Crippen molar-refractivity contribution in [3.8, 4) is 5.75 Å². The van der Waals surface area contributed by atoms with Crippen molar-refractivity contribution < 1.29 is 24.2 Å². The molecule has 2 unspecified atom stereocenters. The van der Waals surface area contributed by atoms with Gasteiger partial charge in [0.1, 0.15) is 23.4 Å². The Morgan fingerprint density at radius 3 is 2.12 bits per heavy atom. The predicted octanol–water partition coefficient (Wildman–Crippen LogP) is 6.90. The maximum Gasteiger partial charge on any atom is 0.408 e. The van der Waals surface area contributed by atoms with Crippen molar-refractivity contribution in [2.75, 3.05) is 6.54 Å². The molecule has 2 rings (SSSR count). The lowest BCUT2D eigenvalue weighted by atomic mass is 9.95. The molecule has 0 aliphatic carbocycles. The number of nitrogens with zero attached hydrogens (tertiary/aromatic N) is 1. The van der Waals surface area contributed by atoms with Crippen LogP contribution in [0.2, 0.25) is 0 Å². The number of hydrogen-bond donors (Lipinski definition) is 3. The van der Waals surface area contributed by atoms with Gasteiger partial charge in [0.2, 0.25) is 11.8 Å². The van der Waals surface area contributed by atoms with E-state index in [2.05, 4.69) is 17.6 Å². The fourth-order valence-corrected chi connectivity index (χ4v) is 5.09. The van der Waals surface area contributed by atoms with Gasteiger partial charge in [0.15, 0.2) is 0 Å². The summed E-state index contributed by atoms with van der Waals surface area (Å²) in [5.74, 6) is -0.519. The Hall–Kier alpha value is -3.55. The molecular formula is C35H53N3O5. The molecule has 0 radical (unpaired) electrons. The second-order valence-electron chi connectivity index (χ2n) is 12.8. The Kier molecular flexibility index (Phi) is 14.0. The highest BCUT2D eigenvalue weighted by Crippen LogP contribution is 2.28. The third-order valence-corrected chi connectivity index (χ3v) is 7.11. The lowest BCUT2D eigenvalue weighted by Gasteiger charge is -2.35. The molecule has 8 nitrogen and oxygen atoms in total. The topological polar surface area (TPSA) is 108 Å². The van der Waals surface area contributed by atoms with Crippen LogP contribution in [0.25, 0.3) is 0 Å². The third-order valence-electron chi connectivity index (χ3n) is 7.11. The first kappa shape index (κ1) is 35.6. The summed E-state index contributed by atoms with van der Waals surface area (Å²) in [7, 11) is 0. The molecule has 238 valence electrons. The standard InChI is InChI=1S/C35H53N3O5/c1-9-10-11-12-13-14-21-38(31(32(40)36-24(2)3)29-20-15-25(4)22-26(29)5)33(41)30(37-34(42)43-35(6,7)8)23-27-16-18-28(39)19-17-27/h15-20,22,24,30-31,39H,9-14,21,23H2,1-8H3,(H,36,40)(H,37,42). The molecule has 0 bridgehead atoms. The molecule has 2 aromatic rings. The third kappa shape index (κ3) is 12.3. The van der Waals surface area contributed by atoms with Crippen LogP contribution in [-0.2, 0) is 20.7 Å². The van der Waals surface area contributed by atoms with Crippen LogP contribution in [0, 0.1) is 13.8 Å². The van der Waals surface area contributed by atoms with Crippen molar-refractivity contribution in [2.24, 2.45) is 0 Å². The number of amides is 3. The Morgan fingerprint density at radius 2 is 1.53 bits per heavy atom. The van der Waals surface area contributed by atoms with E-state index in [4.69, 9.17) is 4.74 Å². The molecule has 3 N–H and O–H groups in total. The van der Waals surface area contributed by atoms with Gasteiger partial charge in [-0.05, 0) is 83.7 Å². The number of ether oxygens (including phenoxy) is 1. The monoisotopic (exact) mass is 595 g/mol. The van der Waals surface area contributed by atoms with Gasteiger partial charge < -0.3 is 25.4 Å². The molecule has 43 heavy (non-hydrogen) atoms. The van der Waals surface area contributed by atoms with E-state index in [-0.39, 0.29) is 30.0 Å². The molecular weight excluding hydrogens is 542 g/mol. The van der Waals surface area contributed by atoms with Crippen molar-refractivity contribution in [1.82, 2.24) is 15.5 Å². The van der Waals surface area contributed by atoms with E-state index in [1.807, 2.05) is 45.9 Å². The highest BCUT2D eigenvalue weighted by Gasteiger charge is 2.37. The van der Waals surface area contributed by atoms with Gasteiger partial charge in [-0.15, -0.1) is 0 Å². The number of phenolic OH excluding ortho intramolecular Hbond substituents is 1. The fraction of sp³-hybridized carbons (Fsp3) is 0.571. The number of rotatable bonds is 15. The zero-order valence-corrected chi connectivity index (χ0v) is 27.5. The number of alkyl carbamates (subject to hydrolysis) is 1. The summed E-state index contributed by atoms with van der Waals surface area (Å²) in [5, 5.41) is 15.6. The molecule has 2 atom stereocenters. The molecule has 8 heteroatoms. The molecule has 3 amide bonds. The molecule has 0 aromatic heterocycles. The van der Waals surface area contributed by atoms with E-state index in [1.54, 1.807) is 49.9 Å². The van der Waals surface area contributed by atoms with Crippen LogP contribution in [0.3, 0.4) is 0 Å². The van der Waals surface area contributed by atoms with Gasteiger partial charge in [0, 0.05) is 19.0 Å². The van der Waals surface area contributed by atoms with Gasteiger partial charge in [0.25, 0.3) is 0 Å². The van der Waals surface area contributed by atoms with Gasteiger partial charge in [-0.1, -0.05) is 74.9 Å². The second kappa shape index (κ2) is 16.9. The Balaban J connectivity index is 2.57. The van der Waals surface area contributed by atoms with Crippen molar-refractivity contribution in [3.63, 3.8) is 0 Å². The summed E-state index contributed by atoms with van der Waals surface area (Å²) in [6.07, 6.45) is 5.60. The zero-order valence-electron chi connectivity index (χ0n) is 27.5. The highest BCUT2D eigenvalue weighted by molar-refractivity contribution is 5.92. The smallest absolute Gasteiger partial charge is 0.408 e. The van der Waals surface area contributed by atoms with E-state index in [0.29, 0.717) is 6.54 Å². The molecule has 0 aliphatic heterocycles. The first-order valence-electron chi connectivity index (χ1n) is 15.7. The van der Waals surface area contributed by atoms with Crippen molar-refractivity contribution in [3.05, 3.63) is 64.7 Å². The number of carbonyl (C=O) groups excluding carboxylic acids is 3. The molecule has 0 heterocycles. The Bertz CT molecular complexity index is 1190. The number of aromatic hydroxyl groups is 1. The summed E-state index contributed by atoms with van der Waals surface area (Å²) >= 11 is 0. The molecule has 0 saturated heterocycles. The lowest BCUT2D eigenvalue weighted by molar-refractivity contribution is -0.142. The fourth-order valence-electron chi connectivity index (χ4n) is 5.09. The molecule has 0 spiro atoms. The van der Waals surface area contributed by atoms with Crippen LogP contribution in [-0.4, -0.2) is 52.1 Å². The maximum atomic E-state index is 14.6. The van der Waals surface area contributed by atoms with Gasteiger partial charge in [-0.2, -0.15) is 0 Å². The molecule has 0 aliphatic rings. The minimum absolute atomic E-state index is 0.108. The summed E-state index contributed by atoms with van der Waals surface area (Å²) < 4.78 is 5.53. The van der Waals surface area contributed by atoms with E-state index in [9.17, 15) is 19.5 Å². The average molecular weight is 596 g/mol. The largest absolute Gasteiger partial charge is 0.508 e. The minimum Gasteiger partial charge on any atom is -0.508 e. The van der Waals surface area contributed by atoms with E-state index >= 15 is 0 Å². The quantitative estimate of drug-likeness (QED) is 0.194. The van der Waals surface area contributed by atoms with Gasteiger partial charge in [0.05, 0.1) is 0 Å². The van der Waals surface area contributed by atoms with E-state index in [1.165, 1.54) is 6.42 Å². The SMILES string of the molecule is CCCCCCCCN(C(=O)C(Cc1ccc(O)cc1)NC(=O)OC(C)(C)C)C(C(=O)NC(C)C)c1ccc(C)cc1C. The first-order valence-corrected chi connectivity index (χ1v) is 15.7. The number of benzene rings is 2. The predicted molar refractivity (Wildman–Crippen MR) is 172 cm³/mol. The van der Waals surface area contributed by atoms with Gasteiger partial charge >= 0.3 is 6.09 Å². The van der Waals surface area contributed by atoms with Crippen LogP contribution in [0.5, 0.6) is 5.75 Å². The van der Waals surface area contributed by atoms with Crippen LogP contribution < -0.4 is 10.6 Å². The number of carbonyl (C=O) groups is 3. The number of aryl methyl sites for hydroxylation is 2. The summed E-state index contributed by atoms with van der Waals surface area (Å²) in [5.41, 5.74) is 2.73. The number of nitrogens with one attached hydrogen (secondary N) is 2. The minimum atomic E-state index is -1.00. The number of unbranched alkanes of at least 4 members (excludes halogenated alkanes) is 5. The van der Waals surface area contributed by atoms with Crippen LogP contribution >= 0.6 is 0 Å². The average Bonchev–Trinajstić information content (AvgIpc) is 2.89. The molecule has 0 saturated carbocycles. The van der Waals surface area contributed by atoms with E-state index in [0.717, 1.165) is 54.4 Å². The maximum absolute atomic E-state index is 14.6. The normalized spacial score (nSPS) is 12.9. The number of phenols is 1. The van der Waals surface area contributed by atoms with Crippen LogP contribution in [0.4, 0.5) is 4.79 Å². The van der Waals surface area contributed by atoms with E-state index < -0.39 is 23.8 Å². The Morgan fingerprint density at radius 1 is 0.907 bits per heavy atom. The zero-order chi connectivity index (χ0) is 32.2. The lowest BCUT2D eigenvalue weighted by Crippen LogP contribution is -2.54. The van der Waals surface area contributed by atoms with Gasteiger partial charge in [-0.25, -0.2) is 4.79 Å².